The molecule has 0 radical (unpaired) electrons. The zero-order chi connectivity index (χ0) is 33.1. The third-order valence-electron chi connectivity index (χ3n) is 11.2. The van der Waals surface area contributed by atoms with Crippen LogP contribution in [-0.4, -0.2) is 0 Å². The normalized spacial score (nSPS) is 15.4. The predicted octanol–water partition coefficient (Wildman–Crippen LogP) is 12.8. The third-order valence-corrected chi connectivity index (χ3v) is 11.2. The fourth-order valence-corrected chi connectivity index (χ4v) is 8.87. The molecule has 0 N–H and O–H groups in total. The maximum absolute atomic E-state index is 6.69. The van der Waals surface area contributed by atoms with Crippen LogP contribution in [0.15, 0.2) is 146 Å². The maximum atomic E-state index is 6.69. The lowest BCUT2D eigenvalue weighted by Gasteiger charge is -2.47. The molecular formula is C46H36N2O. The second-order valence-corrected chi connectivity index (χ2v) is 14.6. The van der Waals surface area contributed by atoms with Crippen molar-refractivity contribution < 1.29 is 4.74 Å². The van der Waals surface area contributed by atoms with Crippen LogP contribution in [0.1, 0.15) is 49.9 Å². The van der Waals surface area contributed by atoms with E-state index in [1.54, 1.807) is 0 Å². The van der Waals surface area contributed by atoms with Crippen LogP contribution in [0.2, 0.25) is 0 Å². The van der Waals surface area contributed by atoms with Gasteiger partial charge < -0.3 is 14.5 Å². The van der Waals surface area contributed by atoms with Gasteiger partial charge in [0.2, 0.25) is 0 Å². The Kier molecular flexibility index (Phi) is 5.69. The lowest BCUT2D eigenvalue weighted by Crippen LogP contribution is -2.34. The van der Waals surface area contributed by atoms with Crippen LogP contribution in [0.4, 0.5) is 34.1 Å². The zero-order valence-electron chi connectivity index (χ0n) is 28.2. The average Bonchev–Trinajstić information content (AvgIpc) is 3.36. The minimum Gasteiger partial charge on any atom is -0.453 e. The minimum atomic E-state index is -0.335. The van der Waals surface area contributed by atoms with Gasteiger partial charge in [-0.25, -0.2) is 0 Å². The van der Waals surface area contributed by atoms with Crippen molar-refractivity contribution in [2.45, 2.75) is 38.5 Å². The van der Waals surface area contributed by atoms with E-state index < -0.39 is 0 Å². The van der Waals surface area contributed by atoms with Crippen LogP contribution >= 0.6 is 0 Å². The number of para-hydroxylation sites is 2. The van der Waals surface area contributed by atoms with Crippen molar-refractivity contribution in [2.24, 2.45) is 0 Å². The van der Waals surface area contributed by atoms with Gasteiger partial charge in [0.1, 0.15) is 0 Å². The lowest BCUT2D eigenvalue weighted by molar-refractivity contribution is 0.472. The number of benzene rings is 7. The Bertz CT molecular complexity index is 2490. The molecule has 2 aliphatic heterocycles. The molecule has 0 amide bonds. The molecule has 2 heterocycles. The van der Waals surface area contributed by atoms with Crippen molar-refractivity contribution in [2.75, 3.05) is 9.80 Å². The topological polar surface area (TPSA) is 15.7 Å². The molecule has 236 valence electrons. The van der Waals surface area contributed by atoms with Crippen molar-refractivity contribution in [3.8, 4) is 22.6 Å². The second kappa shape index (κ2) is 9.87. The molecule has 3 aliphatic rings. The number of rotatable bonds is 3. The number of fused-ring (bicyclic) bond motifs is 9. The summed E-state index contributed by atoms with van der Waals surface area (Å²) >= 11 is 0. The highest BCUT2D eigenvalue weighted by molar-refractivity contribution is 6.07. The minimum absolute atomic E-state index is 0.104. The van der Waals surface area contributed by atoms with Crippen LogP contribution in [0.5, 0.6) is 11.5 Å². The Balaban J connectivity index is 1.25. The maximum Gasteiger partial charge on any atom is 0.152 e. The number of hydrogen-bond acceptors (Lipinski definition) is 3. The van der Waals surface area contributed by atoms with Crippen LogP contribution in [-0.2, 0) is 10.8 Å². The van der Waals surface area contributed by atoms with Gasteiger partial charge in [-0.05, 0) is 81.7 Å². The molecule has 10 rings (SSSR count). The zero-order valence-corrected chi connectivity index (χ0v) is 28.2. The molecule has 3 nitrogen and oxygen atoms in total. The van der Waals surface area contributed by atoms with Gasteiger partial charge in [-0.15, -0.1) is 0 Å². The smallest absolute Gasteiger partial charge is 0.152 e. The van der Waals surface area contributed by atoms with E-state index in [-0.39, 0.29) is 10.8 Å². The molecule has 0 unspecified atom stereocenters. The molecule has 3 heteroatoms. The van der Waals surface area contributed by atoms with Crippen LogP contribution in [0.25, 0.3) is 21.9 Å². The van der Waals surface area contributed by atoms with Crippen molar-refractivity contribution in [3.05, 3.63) is 168 Å². The summed E-state index contributed by atoms with van der Waals surface area (Å²) in [4.78, 5) is 4.95. The first-order chi connectivity index (χ1) is 23.8. The van der Waals surface area contributed by atoms with E-state index >= 15 is 0 Å². The highest BCUT2D eigenvalue weighted by Crippen LogP contribution is 2.63. The number of ether oxygens (including phenoxy) is 1. The van der Waals surface area contributed by atoms with Gasteiger partial charge in [0, 0.05) is 33.2 Å². The fraction of sp³-hybridized carbons (Fsp3) is 0.130. The SMILES string of the molecule is CC1(C)c2ccccc2-c2ccc(N(c3ccccc3)c3cccc4c3C(C)(C)c3cccc5c3N4c3c(ccc4ccccc34)O5)cc21. The van der Waals surface area contributed by atoms with Gasteiger partial charge in [0.15, 0.2) is 11.5 Å². The van der Waals surface area contributed by atoms with Gasteiger partial charge >= 0.3 is 0 Å². The van der Waals surface area contributed by atoms with Crippen molar-refractivity contribution in [3.63, 3.8) is 0 Å². The van der Waals surface area contributed by atoms with E-state index in [0.29, 0.717) is 0 Å². The van der Waals surface area contributed by atoms with Gasteiger partial charge in [-0.2, -0.15) is 0 Å². The molecule has 7 aromatic carbocycles. The number of anilines is 6. The van der Waals surface area contributed by atoms with E-state index in [9.17, 15) is 0 Å². The van der Waals surface area contributed by atoms with E-state index in [2.05, 4.69) is 183 Å². The van der Waals surface area contributed by atoms with Crippen molar-refractivity contribution >= 4 is 44.9 Å². The van der Waals surface area contributed by atoms with Crippen LogP contribution in [0, 0.1) is 0 Å². The van der Waals surface area contributed by atoms with Crippen molar-refractivity contribution in [1.29, 1.82) is 0 Å². The summed E-state index contributed by atoms with van der Waals surface area (Å²) < 4.78 is 6.69. The Labute approximate surface area is 287 Å². The van der Waals surface area contributed by atoms with Gasteiger partial charge in [-0.1, -0.05) is 125 Å². The second-order valence-electron chi connectivity index (χ2n) is 14.6. The molecule has 7 aromatic rings. The largest absolute Gasteiger partial charge is 0.453 e. The molecule has 0 saturated heterocycles. The summed E-state index contributed by atoms with van der Waals surface area (Å²) in [5.74, 6) is 1.77. The van der Waals surface area contributed by atoms with E-state index in [1.165, 1.54) is 55.5 Å². The standard InChI is InChI=1S/C46H36N2O/c1-45(2)35-19-11-10-18-33(35)34-26-25-31(28-37(34)45)47(30-15-6-5-7-16-30)38-21-13-22-39-42(38)46(3,4)36-20-12-23-40-44(36)48(39)43-32-17-9-8-14-29(32)24-27-41(43)49-40/h5-28H,1-4H3. The van der Waals surface area contributed by atoms with Gasteiger partial charge in [0.05, 0.1) is 22.7 Å². The molecule has 0 spiro atoms. The van der Waals surface area contributed by atoms with E-state index in [0.717, 1.165) is 34.2 Å². The summed E-state index contributed by atoms with van der Waals surface area (Å²) in [7, 11) is 0. The molecule has 0 bridgehead atoms. The first kappa shape index (κ1) is 28.2. The summed E-state index contributed by atoms with van der Waals surface area (Å²) in [5, 5.41) is 2.37. The Morgan fingerprint density at radius 3 is 2.10 bits per heavy atom. The highest BCUT2D eigenvalue weighted by atomic mass is 16.5. The quantitative estimate of drug-likeness (QED) is 0.193. The lowest BCUT2D eigenvalue weighted by atomic mass is 9.72. The molecule has 49 heavy (non-hydrogen) atoms. The Hall–Kier alpha value is -5.80. The van der Waals surface area contributed by atoms with Gasteiger partial charge in [0.25, 0.3) is 0 Å². The monoisotopic (exact) mass is 632 g/mol. The number of nitrogens with zero attached hydrogens (tertiary/aromatic N) is 2. The number of hydrogen-bond donors (Lipinski definition) is 0. The van der Waals surface area contributed by atoms with E-state index in [1.807, 2.05) is 0 Å². The highest BCUT2D eigenvalue weighted by Gasteiger charge is 2.44. The summed E-state index contributed by atoms with van der Waals surface area (Å²) in [6.07, 6.45) is 0. The molecule has 0 saturated carbocycles. The van der Waals surface area contributed by atoms with Crippen LogP contribution in [0.3, 0.4) is 0 Å². The third kappa shape index (κ3) is 3.79. The molecule has 0 atom stereocenters. The first-order valence-corrected chi connectivity index (χ1v) is 17.2. The van der Waals surface area contributed by atoms with Gasteiger partial charge in [-0.3, -0.25) is 0 Å². The predicted molar refractivity (Wildman–Crippen MR) is 203 cm³/mol. The Morgan fingerprint density at radius 2 is 1.22 bits per heavy atom. The molecule has 0 aromatic heterocycles. The molecule has 0 fully saturated rings. The molecular weight excluding hydrogens is 597 g/mol. The van der Waals surface area contributed by atoms with E-state index in [4.69, 9.17) is 4.74 Å². The summed E-state index contributed by atoms with van der Waals surface area (Å²) in [6, 6.07) is 53.1. The summed E-state index contributed by atoms with van der Waals surface area (Å²) in [6.45, 7) is 9.45. The average molecular weight is 633 g/mol. The first-order valence-electron chi connectivity index (χ1n) is 17.2. The van der Waals surface area contributed by atoms with Crippen molar-refractivity contribution in [1.82, 2.24) is 0 Å². The fourth-order valence-electron chi connectivity index (χ4n) is 8.87. The summed E-state index contributed by atoms with van der Waals surface area (Å²) in [5.41, 5.74) is 14.4. The van der Waals surface area contributed by atoms with Crippen LogP contribution < -0.4 is 14.5 Å². The molecule has 1 aliphatic carbocycles. The Morgan fingerprint density at radius 1 is 0.510 bits per heavy atom.